The molecule has 0 unspecified atom stereocenters. The van der Waals surface area contributed by atoms with E-state index in [1.807, 2.05) is 0 Å². The van der Waals surface area contributed by atoms with Gasteiger partial charge < -0.3 is 10.1 Å². The first-order chi connectivity index (χ1) is 12.3. The van der Waals surface area contributed by atoms with E-state index in [1.165, 1.54) is 37.5 Å². The summed E-state index contributed by atoms with van der Waals surface area (Å²) in [6, 6.07) is 4.38. The van der Waals surface area contributed by atoms with Gasteiger partial charge >= 0.3 is 12.1 Å². The van der Waals surface area contributed by atoms with Crippen molar-refractivity contribution in [3.8, 4) is 0 Å². The molecule has 1 N–H and O–H groups in total. The molecule has 7 heteroatoms. The average molecular weight is 369 g/mol. The summed E-state index contributed by atoms with van der Waals surface area (Å²) in [6.45, 7) is 0.223. The quantitative estimate of drug-likeness (QED) is 0.610. The number of hydrogen-bond acceptors (Lipinski definition) is 3. The molecule has 0 aromatic heterocycles. The standard InChI is InChI=1S/C19H22F3NO3/c20-19(21,22)16-9-6-14(7-10-16)8-11-18(25)26-13-17(24)23-12-15-4-2-1-3-5-15/h6-11,15H,1-5,12-13H2,(H,23,24)/b11-8+. The molecule has 0 heterocycles. The molecule has 4 nitrogen and oxygen atoms in total. The van der Waals surface area contributed by atoms with Crippen LogP contribution in [0.3, 0.4) is 0 Å². The molecule has 0 aliphatic heterocycles. The Balaban J connectivity index is 1.70. The van der Waals surface area contributed by atoms with Gasteiger partial charge in [-0.3, -0.25) is 4.79 Å². The lowest BCUT2D eigenvalue weighted by Crippen LogP contribution is -2.33. The summed E-state index contributed by atoms with van der Waals surface area (Å²) in [5, 5.41) is 2.76. The number of amides is 1. The zero-order valence-corrected chi connectivity index (χ0v) is 14.3. The summed E-state index contributed by atoms with van der Waals surface area (Å²) in [7, 11) is 0. The number of benzene rings is 1. The van der Waals surface area contributed by atoms with Crippen LogP contribution in [0.25, 0.3) is 6.08 Å². The van der Waals surface area contributed by atoms with Crippen LogP contribution in [0, 0.1) is 5.92 Å². The van der Waals surface area contributed by atoms with Crippen LogP contribution in [-0.4, -0.2) is 25.0 Å². The predicted molar refractivity (Wildman–Crippen MR) is 91.0 cm³/mol. The summed E-state index contributed by atoms with van der Waals surface area (Å²) < 4.78 is 42.2. The highest BCUT2D eigenvalue weighted by Gasteiger charge is 2.29. The van der Waals surface area contributed by atoms with E-state index in [4.69, 9.17) is 4.74 Å². The maximum Gasteiger partial charge on any atom is 0.416 e. The number of alkyl halides is 3. The smallest absolute Gasteiger partial charge is 0.416 e. The summed E-state index contributed by atoms with van der Waals surface area (Å²) in [6.07, 6.45) is 3.85. The van der Waals surface area contributed by atoms with E-state index in [1.54, 1.807) is 0 Å². The molecular weight excluding hydrogens is 347 g/mol. The SMILES string of the molecule is O=C(COC(=O)/C=C/c1ccc(C(F)(F)F)cc1)NCC1CCCCC1. The Bertz CT molecular complexity index is 632. The molecule has 1 aliphatic carbocycles. The van der Waals surface area contributed by atoms with Crippen LogP contribution in [0.2, 0.25) is 0 Å². The van der Waals surface area contributed by atoms with E-state index in [2.05, 4.69) is 5.32 Å². The predicted octanol–water partition coefficient (Wildman–Crippen LogP) is 3.96. The van der Waals surface area contributed by atoms with Crippen molar-refractivity contribution in [2.24, 2.45) is 5.92 Å². The third-order valence-corrected chi connectivity index (χ3v) is 4.31. The fourth-order valence-electron chi connectivity index (χ4n) is 2.83. The Hall–Kier alpha value is -2.31. The minimum atomic E-state index is -4.40. The lowest BCUT2D eigenvalue weighted by molar-refractivity contribution is -0.143. The Morgan fingerprint density at radius 3 is 2.38 bits per heavy atom. The highest BCUT2D eigenvalue weighted by molar-refractivity contribution is 5.89. The molecule has 0 saturated heterocycles. The third kappa shape index (κ3) is 6.90. The first-order valence-electron chi connectivity index (χ1n) is 8.63. The maximum absolute atomic E-state index is 12.5. The van der Waals surface area contributed by atoms with Crippen LogP contribution in [0.4, 0.5) is 13.2 Å². The minimum absolute atomic E-state index is 0.355. The van der Waals surface area contributed by atoms with E-state index in [-0.39, 0.29) is 12.5 Å². The first kappa shape index (κ1) is 20.0. The number of rotatable bonds is 6. The number of halogens is 3. The lowest BCUT2D eigenvalue weighted by atomic mass is 9.89. The molecule has 1 fully saturated rings. The second-order valence-electron chi connectivity index (χ2n) is 6.37. The van der Waals surface area contributed by atoms with Crippen molar-refractivity contribution in [1.82, 2.24) is 5.32 Å². The van der Waals surface area contributed by atoms with Crippen molar-refractivity contribution in [2.45, 2.75) is 38.3 Å². The van der Waals surface area contributed by atoms with Gasteiger partial charge in [-0.15, -0.1) is 0 Å². The number of esters is 1. The molecule has 0 radical (unpaired) electrons. The summed E-state index contributed by atoms with van der Waals surface area (Å²) in [4.78, 5) is 23.3. The van der Waals surface area contributed by atoms with E-state index < -0.39 is 17.7 Å². The van der Waals surface area contributed by atoms with Crippen LogP contribution < -0.4 is 5.32 Å². The zero-order valence-electron chi connectivity index (χ0n) is 14.3. The van der Waals surface area contributed by atoms with Crippen molar-refractivity contribution in [2.75, 3.05) is 13.2 Å². The normalized spacial score (nSPS) is 15.8. The van der Waals surface area contributed by atoms with Gasteiger partial charge in [0.2, 0.25) is 0 Å². The molecule has 1 amide bonds. The molecule has 26 heavy (non-hydrogen) atoms. The zero-order chi connectivity index (χ0) is 19.0. The van der Waals surface area contributed by atoms with Crippen molar-refractivity contribution >= 4 is 18.0 Å². The van der Waals surface area contributed by atoms with Gasteiger partial charge in [0.05, 0.1) is 5.56 Å². The van der Waals surface area contributed by atoms with Crippen molar-refractivity contribution < 1.29 is 27.5 Å². The number of carbonyl (C=O) groups is 2. The molecule has 2 rings (SSSR count). The van der Waals surface area contributed by atoms with Crippen LogP contribution >= 0.6 is 0 Å². The Morgan fingerprint density at radius 2 is 1.77 bits per heavy atom. The molecule has 1 aromatic carbocycles. The largest absolute Gasteiger partial charge is 0.452 e. The number of hydrogen-bond donors (Lipinski definition) is 1. The van der Waals surface area contributed by atoms with Crippen LogP contribution in [0.1, 0.15) is 43.2 Å². The molecule has 1 saturated carbocycles. The van der Waals surface area contributed by atoms with Crippen molar-refractivity contribution in [1.29, 1.82) is 0 Å². The molecular formula is C19H22F3NO3. The van der Waals surface area contributed by atoms with E-state index in [9.17, 15) is 22.8 Å². The number of nitrogens with one attached hydrogen (secondary N) is 1. The summed E-state index contributed by atoms with van der Waals surface area (Å²) in [5.41, 5.74) is -0.330. The first-order valence-corrected chi connectivity index (χ1v) is 8.63. The van der Waals surface area contributed by atoms with Gasteiger partial charge in [0, 0.05) is 12.6 Å². The van der Waals surface area contributed by atoms with Gasteiger partial charge in [-0.1, -0.05) is 31.4 Å². The Labute approximate surface area is 150 Å². The van der Waals surface area contributed by atoms with Gasteiger partial charge in [0.25, 0.3) is 5.91 Å². The Kier molecular flexibility index (Phi) is 7.24. The minimum Gasteiger partial charge on any atom is -0.452 e. The van der Waals surface area contributed by atoms with Gasteiger partial charge in [-0.2, -0.15) is 13.2 Å². The highest BCUT2D eigenvalue weighted by atomic mass is 19.4. The molecule has 142 valence electrons. The molecule has 1 aromatic rings. The van der Waals surface area contributed by atoms with Crippen molar-refractivity contribution in [3.63, 3.8) is 0 Å². The van der Waals surface area contributed by atoms with Gasteiger partial charge in [0.15, 0.2) is 6.61 Å². The fraction of sp³-hybridized carbons (Fsp3) is 0.474. The topological polar surface area (TPSA) is 55.4 Å². The van der Waals surface area contributed by atoms with Gasteiger partial charge in [-0.05, 0) is 42.5 Å². The fourth-order valence-corrected chi connectivity index (χ4v) is 2.83. The summed E-state index contributed by atoms with van der Waals surface area (Å²) >= 11 is 0. The molecule has 0 spiro atoms. The van der Waals surface area contributed by atoms with Gasteiger partial charge in [-0.25, -0.2) is 4.79 Å². The van der Waals surface area contributed by atoms with Crippen LogP contribution in [-0.2, 0) is 20.5 Å². The monoisotopic (exact) mass is 369 g/mol. The van der Waals surface area contributed by atoms with Crippen molar-refractivity contribution in [3.05, 3.63) is 41.5 Å². The summed E-state index contributed by atoms with van der Waals surface area (Å²) in [5.74, 6) is -0.590. The van der Waals surface area contributed by atoms with Gasteiger partial charge in [0.1, 0.15) is 0 Å². The Morgan fingerprint density at radius 1 is 1.12 bits per heavy atom. The second-order valence-corrected chi connectivity index (χ2v) is 6.37. The number of carbonyl (C=O) groups excluding carboxylic acids is 2. The molecule has 0 bridgehead atoms. The maximum atomic E-state index is 12.5. The third-order valence-electron chi connectivity index (χ3n) is 4.31. The second kappa shape index (κ2) is 9.40. The van der Waals surface area contributed by atoms with E-state index in [0.717, 1.165) is 31.1 Å². The van der Waals surface area contributed by atoms with E-state index in [0.29, 0.717) is 18.0 Å². The average Bonchev–Trinajstić information content (AvgIpc) is 2.63. The number of ether oxygens (including phenoxy) is 1. The lowest BCUT2D eigenvalue weighted by Gasteiger charge is -2.21. The highest BCUT2D eigenvalue weighted by Crippen LogP contribution is 2.29. The van der Waals surface area contributed by atoms with Crippen LogP contribution in [0.15, 0.2) is 30.3 Å². The molecule has 0 atom stereocenters. The molecule has 1 aliphatic rings. The van der Waals surface area contributed by atoms with Crippen LogP contribution in [0.5, 0.6) is 0 Å². The van der Waals surface area contributed by atoms with E-state index >= 15 is 0 Å².